The molecule has 0 unspecified atom stereocenters. The molecule has 0 atom stereocenters. The van der Waals surface area contributed by atoms with Gasteiger partial charge in [0.1, 0.15) is 17.2 Å². The molecule has 0 fully saturated rings. The van der Waals surface area contributed by atoms with Crippen LogP contribution in [0.4, 0.5) is 0 Å². The molecule has 0 aliphatic rings. The van der Waals surface area contributed by atoms with E-state index in [1.54, 1.807) is 18.5 Å². The van der Waals surface area contributed by atoms with Crippen LogP contribution >= 0.6 is 0 Å². The zero-order valence-corrected chi connectivity index (χ0v) is 15.6. The number of phenolic OH excluding ortho intramolecular Hbond substituents is 2. The minimum Gasteiger partial charge on any atom is -0.508 e. The van der Waals surface area contributed by atoms with Crippen LogP contribution in [-0.2, 0) is 0 Å². The fourth-order valence-corrected chi connectivity index (χ4v) is 3.26. The molecule has 5 nitrogen and oxygen atoms in total. The van der Waals surface area contributed by atoms with Crippen molar-refractivity contribution in [2.75, 3.05) is 0 Å². The fraction of sp³-hybridized carbons (Fsp3) is 0.130. The highest BCUT2D eigenvalue weighted by atomic mass is 16.3. The third kappa shape index (κ3) is 3.22. The molecule has 0 bridgehead atoms. The van der Waals surface area contributed by atoms with Crippen LogP contribution in [-0.4, -0.2) is 20.2 Å². The molecular formula is C23H20N2O3. The first-order valence-electron chi connectivity index (χ1n) is 9.05. The van der Waals surface area contributed by atoms with E-state index in [1.165, 1.54) is 12.5 Å². The Morgan fingerprint density at radius 1 is 0.893 bits per heavy atom. The van der Waals surface area contributed by atoms with E-state index in [9.17, 15) is 10.2 Å². The van der Waals surface area contributed by atoms with Gasteiger partial charge >= 0.3 is 0 Å². The van der Waals surface area contributed by atoms with E-state index in [0.717, 1.165) is 22.3 Å². The monoisotopic (exact) mass is 372 g/mol. The summed E-state index contributed by atoms with van der Waals surface area (Å²) in [5, 5.41) is 20.5. The van der Waals surface area contributed by atoms with Gasteiger partial charge in [-0.1, -0.05) is 38.1 Å². The molecule has 2 aromatic carbocycles. The molecular weight excluding hydrogens is 352 g/mol. The molecule has 2 N–H and O–H groups in total. The summed E-state index contributed by atoms with van der Waals surface area (Å²) in [6.07, 6.45) is 4.91. The van der Waals surface area contributed by atoms with Crippen molar-refractivity contribution in [3.63, 3.8) is 0 Å². The lowest BCUT2D eigenvalue weighted by Crippen LogP contribution is -1.92. The molecule has 2 heterocycles. The maximum atomic E-state index is 10.4. The van der Waals surface area contributed by atoms with Gasteiger partial charge in [-0.2, -0.15) is 0 Å². The van der Waals surface area contributed by atoms with Crippen molar-refractivity contribution < 1.29 is 14.6 Å². The second-order valence-corrected chi connectivity index (χ2v) is 6.94. The van der Waals surface area contributed by atoms with E-state index in [-0.39, 0.29) is 17.4 Å². The summed E-state index contributed by atoms with van der Waals surface area (Å²) in [6, 6.07) is 14.9. The molecule has 0 aliphatic heterocycles. The number of aromatic hydroxyl groups is 2. The molecule has 4 aromatic rings. The van der Waals surface area contributed by atoms with Gasteiger partial charge in [-0.3, -0.25) is 4.98 Å². The van der Waals surface area contributed by atoms with Crippen LogP contribution in [0.5, 0.6) is 11.5 Å². The van der Waals surface area contributed by atoms with Crippen LogP contribution in [0.3, 0.4) is 0 Å². The lowest BCUT2D eigenvalue weighted by Gasteiger charge is -2.12. The van der Waals surface area contributed by atoms with Gasteiger partial charge in [-0.05, 0) is 35.2 Å². The number of benzene rings is 2. The Kier molecular flexibility index (Phi) is 4.57. The molecule has 0 saturated heterocycles. The zero-order valence-electron chi connectivity index (χ0n) is 15.6. The zero-order chi connectivity index (χ0) is 19.7. The number of rotatable bonds is 4. The molecule has 4 rings (SSSR count). The molecule has 140 valence electrons. The highest BCUT2D eigenvalue weighted by molar-refractivity contribution is 5.82. The van der Waals surface area contributed by atoms with E-state index < -0.39 is 0 Å². The summed E-state index contributed by atoms with van der Waals surface area (Å²) in [4.78, 5) is 8.51. The average molecular weight is 372 g/mol. The van der Waals surface area contributed by atoms with Crippen molar-refractivity contribution in [1.82, 2.24) is 9.97 Å². The Labute approximate surface area is 163 Å². The van der Waals surface area contributed by atoms with Gasteiger partial charge in [0.15, 0.2) is 12.2 Å². The van der Waals surface area contributed by atoms with Crippen LogP contribution < -0.4 is 0 Å². The van der Waals surface area contributed by atoms with Gasteiger partial charge < -0.3 is 14.6 Å². The van der Waals surface area contributed by atoms with E-state index in [1.807, 2.05) is 50.2 Å². The number of nitrogens with zero attached hydrogens (tertiary/aromatic N) is 2. The summed E-state index contributed by atoms with van der Waals surface area (Å²) in [7, 11) is 0. The number of aromatic nitrogens is 2. The SMILES string of the molecule is CC(C)c1cc(-c2ncoc2-c2cccc(-c3cccnc3)c2)c(O)cc1O. The largest absolute Gasteiger partial charge is 0.508 e. The van der Waals surface area contributed by atoms with Gasteiger partial charge in [0.05, 0.1) is 0 Å². The van der Waals surface area contributed by atoms with Crippen molar-refractivity contribution >= 4 is 0 Å². The minimum atomic E-state index is -0.0412. The van der Waals surface area contributed by atoms with E-state index in [2.05, 4.69) is 9.97 Å². The maximum absolute atomic E-state index is 10.4. The number of oxazole rings is 1. The second-order valence-electron chi connectivity index (χ2n) is 6.94. The Bertz CT molecular complexity index is 1120. The highest BCUT2D eigenvalue weighted by Crippen LogP contribution is 2.41. The quantitative estimate of drug-likeness (QED) is 0.487. The predicted molar refractivity (Wildman–Crippen MR) is 108 cm³/mol. The first kappa shape index (κ1) is 17.8. The van der Waals surface area contributed by atoms with Crippen molar-refractivity contribution in [2.45, 2.75) is 19.8 Å². The number of hydrogen-bond acceptors (Lipinski definition) is 5. The van der Waals surface area contributed by atoms with Crippen molar-refractivity contribution in [2.24, 2.45) is 0 Å². The standard InChI is InChI=1S/C23H20N2O3/c1-14(2)18-10-19(21(27)11-20(18)26)22-23(28-13-25-22)16-6-3-5-15(9-16)17-7-4-8-24-12-17/h3-14,26-27H,1-2H3. The number of hydrogen-bond donors (Lipinski definition) is 2. The van der Waals surface area contributed by atoms with E-state index in [4.69, 9.17) is 4.42 Å². The maximum Gasteiger partial charge on any atom is 0.182 e. The van der Waals surface area contributed by atoms with Gasteiger partial charge in [0, 0.05) is 35.2 Å². The van der Waals surface area contributed by atoms with Crippen LogP contribution in [0.2, 0.25) is 0 Å². The molecule has 0 saturated carbocycles. The van der Waals surface area contributed by atoms with Gasteiger partial charge in [0.2, 0.25) is 0 Å². The van der Waals surface area contributed by atoms with Crippen LogP contribution in [0.25, 0.3) is 33.7 Å². The summed E-state index contributed by atoms with van der Waals surface area (Å²) < 4.78 is 5.68. The average Bonchev–Trinajstić information content (AvgIpc) is 3.18. The Morgan fingerprint density at radius 2 is 1.68 bits per heavy atom. The summed E-state index contributed by atoms with van der Waals surface area (Å²) in [6.45, 7) is 3.97. The first-order chi connectivity index (χ1) is 13.5. The van der Waals surface area contributed by atoms with Gasteiger partial charge in [-0.15, -0.1) is 0 Å². The van der Waals surface area contributed by atoms with E-state index in [0.29, 0.717) is 17.0 Å². The third-order valence-electron chi connectivity index (χ3n) is 4.71. The third-order valence-corrected chi connectivity index (χ3v) is 4.71. The summed E-state index contributed by atoms with van der Waals surface area (Å²) >= 11 is 0. The smallest absolute Gasteiger partial charge is 0.182 e. The lowest BCUT2D eigenvalue weighted by molar-refractivity contribution is 0.445. The summed E-state index contributed by atoms with van der Waals surface area (Å²) in [5.41, 5.74) is 4.64. The van der Waals surface area contributed by atoms with Crippen LogP contribution in [0.15, 0.2) is 71.7 Å². The lowest BCUT2D eigenvalue weighted by atomic mass is 9.95. The number of pyridine rings is 1. The molecule has 2 aromatic heterocycles. The van der Waals surface area contributed by atoms with Crippen molar-refractivity contribution in [1.29, 1.82) is 0 Å². The van der Waals surface area contributed by atoms with Crippen LogP contribution in [0.1, 0.15) is 25.3 Å². The van der Waals surface area contributed by atoms with Crippen LogP contribution in [0, 0.1) is 0 Å². The highest BCUT2D eigenvalue weighted by Gasteiger charge is 2.19. The van der Waals surface area contributed by atoms with E-state index >= 15 is 0 Å². The number of phenols is 2. The van der Waals surface area contributed by atoms with Crippen molar-refractivity contribution in [3.05, 3.63) is 72.9 Å². The Balaban J connectivity index is 1.83. The molecule has 0 radical (unpaired) electrons. The summed E-state index contributed by atoms with van der Waals surface area (Å²) in [5.74, 6) is 0.686. The second kappa shape index (κ2) is 7.19. The molecule has 0 amide bonds. The van der Waals surface area contributed by atoms with Crippen molar-refractivity contribution in [3.8, 4) is 45.2 Å². The minimum absolute atomic E-state index is 0.0412. The Morgan fingerprint density at radius 3 is 2.43 bits per heavy atom. The first-order valence-corrected chi connectivity index (χ1v) is 9.05. The molecule has 5 heteroatoms. The predicted octanol–water partition coefficient (Wildman–Crippen LogP) is 5.61. The molecule has 28 heavy (non-hydrogen) atoms. The fourth-order valence-electron chi connectivity index (χ4n) is 3.26. The van der Waals surface area contributed by atoms with Gasteiger partial charge in [0.25, 0.3) is 0 Å². The normalized spacial score (nSPS) is 11.1. The Hall–Kier alpha value is -3.60. The molecule has 0 spiro atoms. The molecule has 0 aliphatic carbocycles. The van der Waals surface area contributed by atoms with Gasteiger partial charge in [-0.25, -0.2) is 4.98 Å². The topological polar surface area (TPSA) is 79.4 Å².